The average molecular weight is 405 g/mol. The molecule has 0 bridgehead atoms. The van der Waals surface area contributed by atoms with E-state index in [9.17, 15) is 0 Å². The Balaban J connectivity index is 2.03. The molecule has 0 spiro atoms. The van der Waals surface area contributed by atoms with E-state index < -0.39 is 0 Å². The lowest BCUT2D eigenvalue weighted by atomic mass is 9.99. The van der Waals surface area contributed by atoms with Crippen LogP contribution in [0.4, 0.5) is 0 Å². The smallest absolute Gasteiger partial charge is 0.138 e. The fourth-order valence-electron chi connectivity index (χ4n) is 2.95. The molecule has 1 N–H and O–H groups in total. The summed E-state index contributed by atoms with van der Waals surface area (Å²) in [6.45, 7) is 5.87. The Morgan fingerprint density at radius 2 is 2.00 bits per heavy atom. The van der Waals surface area contributed by atoms with Gasteiger partial charge in [0.25, 0.3) is 0 Å². The minimum Gasteiger partial charge on any atom is -0.492 e. The molecule has 1 aliphatic carbocycles. The van der Waals surface area contributed by atoms with Crippen LogP contribution in [0.3, 0.4) is 0 Å². The zero-order valence-corrected chi connectivity index (χ0v) is 15.4. The molecule has 0 amide bonds. The van der Waals surface area contributed by atoms with Crippen molar-refractivity contribution in [3.8, 4) is 5.75 Å². The van der Waals surface area contributed by atoms with Gasteiger partial charge in [0.2, 0.25) is 0 Å². The Labute approximate surface area is 138 Å². The fourth-order valence-corrected chi connectivity index (χ4v) is 4.37. The highest BCUT2D eigenvalue weighted by Crippen LogP contribution is 2.33. The van der Waals surface area contributed by atoms with Crippen LogP contribution >= 0.6 is 31.9 Å². The van der Waals surface area contributed by atoms with Gasteiger partial charge in [0.15, 0.2) is 0 Å². The molecule has 2 nitrogen and oxygen atoms in total. The first kappa shape index (κ1) is 16.3. The van der Waals surface area contributed by atoms with Crippen LogP contribution in [0.2, 0.25) is 0 Å². The summed E-state index contributed by atoms with van der Waals surface area (Å²) in [6.07, 6.45) is 5.52. The summed E-state index contributed by atoms with van der Waals surface area (Å²) < 4.78 is 7.87. The van der Waals surface area contributed by atoms with E-state index in [1.54, 1.807) is 0 Å². The lowest BCUT2D eigenvalue weighted by Crippen LogP contribution is -2.31. The summed E-state index contributed by atoms with van der Waals surface area (Å²) in [5, 5.41) is 3.67. The van der Waals surface area contributed by atoms with E-state index in [0.717, 1.165) is 27.2 Å². The largest absolute Gasteiger partial charge is 0.492 e. The minimum atomic E-state index is 0.574. The Morgan fingerprint density at radius 1 is 1.30 bits per heavy atom. The van der Waals surface area contributed by atoms with Crippen molar-refractivity contribution in [3.63, 3.8) is 0 Å². The van der Waals surface area contributed by atoms with Crippen LogP contribution in [-0.2, 0) is 6.54 Å². The molecule has 20 heavy (non-hydrogen) atoms. The first-order valence-electron chi connectivity index (χ1n) is 7.46. The second kappa shape index (κ2) is 7.81. The topological polar surface area (TPSA) is 21.3 Å². The molecule has 1 aromatic carbocycles. The van der Waals surface area contributed by atoms with Crippen LogP contribution in [0.1, 0.15) is 45.1 Å². The van der Waals surface area contributed by atoms with Crippen molar-refractivity contribution in [2.75, 3.05) is 6.61 Å². The normalized spacial score (nSPS) is 17.4. The third-order valence-electron chi connectivity index (χ3n) is 4.10. The van der Waals surface area contributed by atoms with E-state index in [0.29, 0.717) is 12.6 Å². The van der Waals surface area contributed by atoms with Gasteiger partial charge in [0.1, 0.15) is 5.75 Å². The molecule has 0 heterocycles. The van der Waals surface area contributed by atoms with Crippen molar-refractivity contribution in [2.45, 2.75) is 52.1 Å². The maximum absolute atomic E-state index is 5.77. The molecule has 0 saturated heterocycles. The molecule has 1 aliphatic rings. The monoisotopic (exact) mass is 403 g/mol. The Bertz CT molecular complexity index is 444. The fraction of sp³-hybridized carbons (Fsp3) is 0.625. The van der Waals surface area contributed by atoms with E-state index in [2.05, 4.69) is 50.2 Å². The van der Waals surface area contributed by atoms with Crippen LogP contribution < -0.4 is 10.1 Å². The van der Waals surface area contributed by atoms with Crippen molar-refractivity contribution in [1.29, 1.82) is 0 Å². The highest BCUT2D eigenvalue weighted by atomic mass is 79.9. The summed E-state index contributed by atoms with van der Waals surface area (Å²) in [4.78, 5) is 0. The minimum absolute atomic E-state index is 0.574. The molecule has 0 unspecified atom stereocenters. The maximum atomic E-state index is 5.77. The molecule has 1 saturated carbocycles. The van der Waals surface area contributed by atoms with Gasteiger partial charge in [-0.25, -0.2) is 0 Å². The van der Waals surface area contributed by atoms with Crippen molar-refractivity contribution < 1.29 is 4.74 Å². The summed E-state index contributed by atoms with van der Waals surface area (Å²) >= 11 is 7.15. The molecule has 1 aromatic rings. The van der Waals surface area contributed by atoms with Gasteiger partial charge in [0.05, 0.1) is 11.1 Å². The van der Waals surface area contributed by atoms with E-state index in [-0.39, 0.29) is 0 Å². The number of halogens is 2. The van der Waals surface area contributed by atoms with Crippen molar-refractivity contribution in [3.05, 3.63) is 26.6 Å². The van der Waals surface area contributed by atoms with Crippen molar-refractivity contribution in [1.82, 2.24) is 5.32 Å². The molecule has 4 heteroatoms. The molecule has 2 rings (SSSR count). The van der Waals surface area contributed by atoms with Crippen molar-refractivity contribution >= 4 is 31.9 Å². The zero-order valence-electron chi connectivity index (χ0n) is 12.2. The van der Waals surface area contributed by atoms with Gasteiger partial charge in [-0.1, -0.05) is 28.8 Å². The quantitative estimate of drug-likeness (QED) is 0.696. The Kier molecular flexibility index (Phi) is 6.37. The molecule has 1 atom stereocenters. The van der Waals surface area contributed by atoms with E-state index >= 15 is 0 Å². The van der Waals surface area contributed by atoms with Gasteiger partial charge in [0, 0.05) is 22.6 Å². The SMILES string of the molecule is CCOc1c(Br)cc(Br)cc1CN[C@@H](C)C1CCCC1. The van der Waals surface area contributed by atoms with Gasteiger partial charge >= 0.3 is 0 Å². The average Bonchev–Trinajstić information content (AvgIpc) is 2.93. The molecular weight excluding hydrogens is 382 g/mol. The number of rotatable bonds is 6. The van der Waals surface area contributed by atoms with E-state index in [1.807, 2.05) is 13.0 Å². The predicted octanol–water partition coefficient (Wildman–Crippen LogP) is 5.28. The summed E-state index contributed by atoms with van der Waals surface area (Å²) in [6, 6.07) is 4.75. The van der Waals surface area contributed by atoms with E-state index in [1.165, 1.54) is 31.2 Å². The molecular formula is C16H23Br2NO. The zero-order chi connectivity index (χ0) is 14.5. The van der Waals surface area contributed by atoms with Crippen LogP contribution in [-0.4, -0.2) is 12.6 Å². The van der Waals surface area contributed by atoms with Gasteiger partial charge < -0.3 is 10.1 Å². The van der Waals surface area contributed by atoms with Gasteiger partial charge in [-0.2, -0.15) is 0 Å². The van der Waals surface area contributed by atoms with Gasteiger partial charge in [-0.05, 0) is 60.7 Å². The second-order valence-electron chi connectivity index (χ2n) is 5.52. The third kappa shape index (κ3) is 4.22. The highest BCUT2D eigenvalue weighted by molar-refractivity contribution is 9.11. The lowest BCUT2D eigenvalue weighted by Gasteiger charge is -2.21. The van der Waals surface area contributed by atoms with Crippen LogP contribution in [0.15, 0.2) is 21.1 Å². The second-order valence-corrected chi connectivity index (χ2v) is 7.29. The van der Waals surface area contributed by atoms with Crippen LogP contribution in [0, 0.1) is 5.92 Å². The standard InChI is InChI=1S/C16H23Br2NO/c1-3-20-16-13(8-14(17)9-15(16)18)10-19-11(2)12-6-4-5-7-12/h8-9,11-12,19H,3-7,10H2,1-2H3/t11-/m0/s1. The molecule has 1 fully saturated rings. The van der Waals surface area contributed by atoms with Gasteiger partial charge in [-0.3, -0.25) is 0 Å². The lowest BCUT2D eigenvalue weighted by molar-refractivity contribution is 0.329. The van der Waals surface area contributed by atoms with Gasteiger partial charge in [-0.15, -0.1) is 0 Å². The summed E-state index contributed by atoms with van der Waals surface area (Å²) in [5.74, 6) is 1.79. The first-order valence-corrected chi connectivity index (χ1v) is 9.04. The van der Waals surface area contributed by atoms with Crippen molar-refractivity contribution in [2.24, 2.45) is 5.92 Å². The molecule has 0 aromatic heterocycles. The summed E-state index contributed by atoms with van der Waals surface area (Å²) in [5.41, 5.74) is 1.21. The van der Waals surface area contributed by atoms with Crippen LogP contribution in [0.5, 0.6) is 5.75 Å². The van der Waals surface area contributed by atoms with E-state index in [4.69, 9.17) is 4.74 Å². The number of hydrogen-bond acceptors (Lipinski definition) is 2. The number of nitrogens with one attached hydrogen (secondary N) is 1. The molecule has 0 radical (unpaired) electrons. The number of benzene rings is 1. The van der Waals surface area contributed by atoms with Crippen LogP contribution in [0.25, 0.3) is 0 Å². The first-order chi connectivity index (χ1) is 9.61. The maximum Gasteiger partial charge on any atom is 0.138 e. The third-order valence-corrected chi connectivity index (χ3v) is 5.14. The Hall–Kier alpha value is -0.0600. The predicted molar refractivity (Wildman–Crippen MR) is 91.3 cm³/mol. The Morgan fingerprint density at radius 3 is 2.65 bits per heavy atom. The molecule has 112 valence electrons. The highest BCUT2D eigenvalue weighted by Gasteiger charge is 2.21. The number of ether oxygens (including phenoxy) is 1. The molecule has 0 aliphatic heterocycles. The summed E-state index contributed by atoms with van der Waals surface area (Å²) in [7, 11) is 0. The number of hydrogen-bond donors (Lipinski definition) is 1.